The number of fused-ring (bicyclic) bond motifs is 1. The predicted octanol–water partition coefficient (Wildman–Crippen LogP) is 4.60. The van der Waals surface area contributed by atoms with Crippen molar-refractivity contribution in [2.45, 2.75) is 24.8 Å². The number of methoxy groups -OCH3 is 1. The first-order valence-corrected chi connectivity index (χ1v) is 12.0. The van der Waals surface area contributed by atoms with Crippen LogP contribution in [0.25, 0.3) is 10.9 Å². The van der Waals surface area contributed by atoms with Crippen molar-refractivity contribution in [2.24, 2.45) is 7.05 Å². The van der Waals surface area contributed by atoms with Crippen molar-refractivity contribution in [1.29, 1.82) is 0 Å². The molecule has 3 heterocycles. The lowest BCUT2D eigenvalue weighted by Gasteiger charge is -2.25. The number of H-pyrrole nitrogens is 1. The number of ether oxygens (including phenoxy) is 1. The lowest BCUT2D eigenvalue weighted by Crippen LogP contribution is -2.39. The third kappa shape index (κ3) is 4.46. The molecule has 34 heavy (non-hydrogen) atoms. The number of hydrogen-bond donors (Lipinski definition) is 2. The molecule has 0 radical (unpaired) electrons. The highest BCUT2D eigenvalue weighted by Crippen LogP contribution is 2.33. The van der Waals surface area contributed by atoms with Crippen LogP contribution in [0.15, 0.2) is 73.1 Å². The monoisotopic (exact) mass is 456 g/mol. The summed E-state index contributed by atoms with van der Waals surface area (Å²) in [7, 11) is 3.75. The molecule has 6 heteroatoms. The Labute approximate surface area is 200 Å². The number of carbonyl (C=O) groups is 1. The summed E-state index contributed by atoms with van der Waals surface area (Å²) in [6, 6.07) is 21.0. The van der Waals surface area contributed by atoms with Crippen LogP contribution in [-0.4, -0.2) is 47.1 Å². The number of hydrogen-bond acceptors (Lipinski definition) is 3. The summed E-state index contributed by atoms with van der Waals surface area (Å²) in [6.45, 7) is 1.91. The van der Waals surface area contributed by atoms with Crippen LogP contribution < -0.4 is 10.1 Å². The maximum Gasteiger partial charge on any atom is 0.234 e. The maximum absolute atomic E-state index is 13.1. The molecule has 0 spiro atoms. The number of aromatic amines is 1. The summed E-state index contributed by atoms with van der Waals surface area (Å²) in [5.74, 6) is 0.930. The molecular formula is C28H32N4O2. The van der Waals surface area contributed by atoms with Crippen LogP contribution in [0.2, 0.25) is 0 Å². The molecule has 4 aromatic rings. The molecule has 5 rings (SSSR count). The fourth-order valence-corrected chi connectivity index (χ4v) is 5.25. The highest BCUT2D eigenvalue weighted by molar-refractivity contribution is 5.84. The molecule has 0 unspecified atom stereocenters. The van der Waals surface area contributed by atoms with Crippen LogP contribution in [-0.2, 0) is 11.8 Å². The second-order valence-electron chi connectivity index (χ2n) is 9.09. The molecule has 0 aliphatic carbocycles. The van der Waals surface area contributed by atoms with E-state index in [-0.39, 0.29) is 11.8 Å². The SMILES string of the molecule is COc1ccc([C@H](CNC(=O)CN2CCC[C@@H]2c2cccn2C)c2c[nH]c3ccccc23)cc1. The molecule has 1 amide bonds. The number of aryl methyl sites for hydroxylation is 1. The van der Waals surface area contributed by atoms with E-state index in [1.54, 1.807) is 7.11 Å². The van der Waals surface area contributed by atoms with Crippen LogP contribution in [0.5, 0.6) is 5.75 Å². The highest BCUT2D eigenvalue weighted by Gasteiger charge is 2.29. The summed E-state index contributed by atoms with van der Waals surface area (Å²) in [6.07, 6.45) is 6.35. The third-order valence-corrected chi connectivity index (χ3v) is 7.05. The Bertz CT molecular complexity index is 1260. The van der Waals surface area contributed by atoms with Gasteiger partial charge in [0.05, 0.1) is 19.7 Å². The molecule has 1 saturated heterocycles. The van der Waals surface area contributed by atoms with E-state index in [0.29, 0.717) is 19.1 Å². The van der Waals surface area contributed by atoms with Gasteiger partial charge in [0.2, 0.25) is 5.91 Å². The molecule has 1 aliphatic rings. The van der Waals surface area contributed by atoms with Gasteiger partial charge in [-0.2, -0.15) is 0 Å². The zero-order chi connectivity index (χ0) is 23.5. The Hall–Kier alpha value is -3.51. The van der Waals surface area contributed by atoms with Gasteiger partial charge < -0.3 is 19.6 Å². The Morgan fingerprint density at radius 1 is 1.15 bits per heavy atom. The fourth-order valence-electron chi connectivity index (χ4n) is 5.25. The minimum atomic E-state index is 0.0354. The normalized spacial score (nSPS) is 17.2. The van der Waals surface area contributed by atoms with E-state index < -0.39 is 0 Å². The minimum Gasteiger partial charge on any atom is -0.497 e. The van der Waals surface area contributed by atoms with Crippen LogP contribution in [0.1, 0.15) is 41.6 Å². The van der Waals surface area contributed by atoms with E-state index in [4.69, 9.17) is 4.74 Å². The minimum absolute atomic E-state index is 0.0354. The van der Waals surface area contributed by atoms with E-state index >= 15 is 0 Å². The van der Waals surface area contributed by atoms with Gasteiger partial charge in [-0.3, -0.25) is 9.69 Å². The Morgan fingerprint density at radius 3 is 2.74 bits per heavy atom. The first-order valence-electron chi connectivity index (χ1n) is 12.0. The summed E-state index contributed by atoms with van der Waals surface area (Å²) in [4.78, 5) is 18.8. The summed E-state index contributed by atoms with van der Waals surface area (Å²) in [5.41, 5.74) is 4.71. The van der Waals surface area contributed by atoms with Gasteiger partial charge in [0.25, 0.3) is 0 Å². The van der Waals surface area contributed by atoms with Gasteiger partial charge in [-0.25, -0.2) is 0 Å². The number of amides is 1. The zero-order valence-corrected chi connectivity index (χ0v) is 19.8. The lowest BCUT2D eigenvalue weighted by molar-refractivity contribution is -0.122. The number of likely N-dealkylation sites (tertiary alicyclic amines) is 1. The molecule has 1 fully saturated rings. The van der Waals surface area contributed by atoms with E-state index in [1.165, 1.54) is 16.6 Å². The van der Waals surface area contributed by atoms with Gasteiger partial charge in [-0.1, -0.05) is 30.3 Å². The van der Waals surface area contributed by atoms with Gasteiger partial charge in [0.15, 0.2) is 0 Å². The number of benzene rings is 2. The number of carbonyl (C=O) groups excluding carboxylic acids is 1. The molecule has 2 aromatic carbocycles. The van der Waals surface area contributed by atoms with Crippen molar-refractivity contribution < 1.29 is 9.53 Å². The summed E-state index contributed by atoms with van der Waals surface area (Å²) in [5, 5.41) is 4.42. The summed E-state index contributed by atoms with van der Waals surface area (Å²) >= 11 is 0. The largest absolute Gasteiger partial charge is 0.497 e. The molecule has 1 aliphatic heterocycles. The molecular weight excluding hydrogens is 424 g/mol. The van der Waals surface area contributed by atoms with Gasteiger partial charge in [-0.15, -0.1) is 0 Å². The van der Waals surface area contributed by atoms with Gasteiger partial charge >= 0.3 is 0 Å². The number of para-hydroxylation sites is 1. The van der Waals surface area contributed by atoms with Crippen LogP contribution in [0, 0.1) is 0 Å². The molecule has 2 atom stereocenters. The third-order valence-electron chi connectivity index (χ3n) is 7.05. The molecule has 0 saturated carbocycles. The van der Waals surface area contributed by atoms with Gasteiger partial charge in [-0.05, 0) is 60.8 Å². The Balaban J connectivity index is 1.33. The van der Waals surface area contributed by atoms with Crippen LogP contribution >= 0.6 is 0 Å². The topological polar surface area (TPSA) is 62.3 Å². The average molecular weight is 457 g/mol. The molecule has 6 nitrogen and oxygen atoms in total. The average Bonchev–Trinajstić information content (AvgIpc) is 3.60. The quantitative estimate of drug-likeness (QED) is 0.407. The van der Waals surface area contributed by atoms with Gasteiger partial charge in [0.1, 0.15) is 5.75 Å². The zero-order valence-electron chi connectivity index (χ0n) is 19.8. The number of rotatable bonds is 8. The standard InChI is InChI=1S/C28H32N4O2/c1-31-15-5-9-26(31)27-10-6-16-32(27)19-28(33)30-17-23(20-11-13-21(34-2)14-12-20)24-18-29-25-8-4-3-7-22(24)25/h3-5,7-9,11-15,18,23,27,29H,6,10,16-17,19H2,1-2H3,(H,30,33)/t23-,27+/m0/s1. The van der Waals surface area contributed by atoms with E-state index in [0.717, 1.165) is 36.2 Å². The van der Waals surface area contributed by atoms with E-state index in [1.807, 2.05) is 18.2 Å². The van der Waals surface area contributed by atoms with Crippen molar-refractivity contribution >= 4 is 16.8 Å². The summed E-state index contributed by atoms with van der Waals surface area (Å²) < 4.78 is 7.51. The molecule has 2 N–H and O–H groups in total. The number of nitrogens with one attached hydrogen (secondary N) is 2. The number of nitrogens with zero attached hydrogens (tertiary/aromatic N) is 2. The first-order chi connectivity index (χ1) is 16.6. The van der Waals surface area contributed by atoms with Crippen molar-refractivity contribution in [1.82, 2.24) is 19.8 Å². The van der Waals surface area contributed by atoms with E-state index in [2.05, 4.69) is 81.7 Å². The second-order valence-corrected chi connectivity index (χ2v) is 9.09. The van der Waals surface area contributed by atoms with Crippen LogP contribution in [0.4, 0.5) is 0 Å². The van der Waals surface area contributed by atoms with Crippen molar-refractivity contribution in [2.75, 3.05) is 26.7 Å². The lowest BCUT2D eigenvalue weighted by atomic mass is 9.90. The fraction of sp³-hybridized carbons (Fsp3) is 0.321. The molecule has 2 aromatic heterocycles. The smallest absolute Gasteiger partial charge is 0.234 e. The first kappa shape index (κ1) is 22.3. The number of aromatic nitrogens is 2. The second kappa shape index (κ2) is 9.77. The van der Waals surface area contributed by atoms with Crippen molar-refractivity contribution in [3.05, 3.63) is 89.9 Å². The van der Waals surface area contributed by atoms with Crippen LogP contribution in [0.3, 0.4) is 0 Å². The van der Waals surface area contributed by atoms with Crippen molar-refractivity contribution in [3.63, 3.8) is 0 Å². The Kier molecular flexibility index (Phi) is 6.41. The molecule has 0 bridgehead atoms. The van der Waals surface area contributed by atoms with E-state index in [9.17, 15) is 4.79 Å². The van der Waals surface area contributed by atoms with Gasteiger partial charge in [0, 0.05) is 48.5 Å². The molecule has 176 valence electrons. The maximum atomic E-state index is 13.1. The Morgan fingerprint density at radius 2 is 1.97 bits per heavy atom. The predicted molar refractivity (Wildman–Crippen MR) is 135 cm³/mol. The highest BCUT2D eigenvalue weighted by atomic mass is 16.5. The van der Waals surface area contributed by atoms with Crippen molar-refractivity contribution in [3.8, 4) is 5.75 Å².